The van der Waals surface area contributed by atoms with E-state index in [1.807, 2.05) is 4.57 Å². The average Bonchev–Trinajstić information content (AvgIpc) is 3.38. The van der Waals surface area contributed by atoms with Crippen molar-refractivity contribution in [1.82, 2.24) is 24.3 Å². The van der Waals surface area contributed by atoms with Crippen LogP contribution in [0.15, 0.2) is 48.9 Å². The number of hydrogen-bond donors (Lipinski definition) is 1. The van der Waals surface area contributed by atoms with Crippen LogP contribution >= 0.6 is 0 Å². The van der Waals surface area contributed by atoms with Gasteiger partial charge in [-0.1, -0.05) is 0 Å². The quantitative estimate of drug-likeness (QED) is 0.499. The monoisotopic (exact) mass is 452 g/mol. The number of amides is 1. The number of carbonyl (C=O) groups is 1. The van der Waals surface area contributed by atoms with Gasteiger partial charge in [-0.25, -0.2) is 23.4 Å². The summed E-state index contributed by atoms with van der Waals surface area (Å²) in [6.45, 7) is 2.43. The molecule has 4 aromatic rings. The summed E-state index contributed by atoms with van der Waals surface area (Å²) < 4.78 is 42.3. The molecule has 0 aliphatic carbocycles. The molecule has 0 fully saturated rings. The molecule has 0 saturated carbocycles. The molecule has 168 valence electrons. The molecular weight excluding hydrogens is 434 g/mol. The molecule has 2 aromatic carbocycles. The number of carbonyl (C=O) groups excluding carboxylic acids is 1. The molecule has 1 aliphatic rings. The lowest BCUT2D eigenvalue weighted by Gasteiger charge is -2.13. The van der Waals surface area contributed by atoms with Gasteiger partial charge in [0.05, 0.1) is 12.1 Å². The van der Waals surface area contributed by atoms with Crippen LogP contribution in [0.5, 0.6) is 11.5 Å². The molecule has 0 radical (unpaired) electrons. The zero-order valence-corrected chi connectivity index (χ0v) is 17.4. The van der Waals surface area contributed by atoms with E-state index in [4.69, 9.17) is 20.2 Å². The van der Waals surface area contributed by atoms with Crippen LogP contribution in [0.2, 0.25) is 0 Å². The van der Waals surface area contributed by atoms with Gasteiger partial charge in [0.1, 0.15) is 47.5 Å². The predicted octanol–water partition coefficient (Wildman–Crippen LogP) is 2.72. The summed E-state index contributed by atoms with van der Waals surface area (Å²) in [5.41, 5.74) is 6.49. The maximum Gasteiger partial charge on any atom is 0.258 e. The SMILES string of the molecule is C[C@H](Oc1ccc2c(c1)OCCn1cc(-c3ncnn3-c3ccc(F)cc3F)nc1-2)C(N)=O. The van der Waals surface area contributed by atoms with Gasteiger partial charge in [-0.3, -0.25) is 4.79 Å². The van der Waals surface area contributed by atoms with Gasteiger partial charge >= 0.3 is 0 Å². The van der Waals surface area contributed by atoms with Gasteiger partial charge in [-0.05, 0) is 31.2 Å². The van der Waals surface area contributed by atoms with Gasteiger partial charge < -0.3 is 19.8 Å². The molecule has 0 spiro atoms. The lowest BCUT2D eigenvalue weighted by atomic mass is 10.1. The largest absolute Gasteiger partial charge is 0.491 e. The second-order valence-electron chi connectivity index (χ2n) is 7.40. The highest BCUT2D eigenvalue weighted by Crippen LogP contribution is 2.36. The van der Waals surface area contributed by atoms with Gasteiger partial charge in [0.2, 0.25) is 0 Å². The summed E-state index contributed by atoms with van der Waals surface area (Å²) in [4.78, 5) is 20.2. The van der Waals surface area contributed by atoms with E-state index in [0.29, 0.717) is 47.6 Å². The molecule has 3 heterocycles. The number of benzene rings is 2. The van der Waals surface area contributed by atoms with E-state index in [1.165, 1.54) is 17.1 Å². The van der Waals surface area contributed by atoms with Crippen molar-refractivity contribution in [2.24, 2.45) is 5.73 Å². The van der Waals surface area contributed by atoms with Gasteiger partial charge in [-0.15, -0.1) is 0 Å². The Morgan fingerprint density at radius 1 is 1.21 bits per heavy atom. The number of hydrogen-bond acceptors (Lipinski definition) is 6. The Hall–Kier alpha value is -4.28. The average molecular weight is 452 g/mol. The van der Waals surface area contributed by atoms with Crippen molar-refractivity contribution in [3.63, 3.8) is 0 Å². The maximum absolute atomic E-state index is 14.4. The highest BCUT2D eigenvalue weighted by atomic mass is 19.1. The first kappa shape index (κ1) is 20.6. The molecule has 1 aliphatic heterocycles. The Morgan fingerprint density at radius 2 is 2.06 bits per heavy atom. The number of imidazole rings is 1. The molecule has 11 heteroatoms. The Balaban J connectivity index is 1.53. The lowest BCUT2D eigenvalue weighted by molar-refractivity contribution is -0.123. The number of fused-ring (bicyclic) bond motifs is 3. The van der Waals surface area contributed by atoms with Crippen LogP contribution in [0.4, 0.5) is 8.78 Å². The van der Waals surface area contributed by atoms with Crippen molar-refractivity contribution < 1.29 is 23.0 Å². The van der Waals surface area contributed by atoms with Crippen LogP contribution < -0.4 is 15.2 Å². The summed E-state index contributed by atoms with van der Waals surface area (Å²) in [6, 6.07) is 8.38. The van der Waals surface area contributed by atoms with Crippen LogP contribution in [-0.2, 0) is 11.3 Å². The van der Waals surface area contributed by atoms with Crippen LogP contribution in [0.3, 0.4) is 0 Å². The third-order valence-corrected chi connectivity index (χ3v) is 5.19. The van der Waals surface area contributed by atoms with E-state index in [2.05, 4.69) is 10.1 Å². The summed E-state index contributed by atoms with van der Waals surface area (Å²) in [5, 5.41) is 4.09. The minimum Gasteiger partial charge on any atom is -0.491 e. The number of nitrogens with two attached hydrogens (primary N) is 1. The molecule has 33 heavy (non-hydrogen) atoms. The van der Waals surface area contributed by atoms with Crippen molar-refractivity contribution in [1.29, 1.82) is 0 Å². The fourth-order valence-electron chi connectivity index (χ4n) is 3.55. The highest BCUT2D eigenvalue weighted by Gasteiger charge is 2.23. The zero-order valence-electron chi connectivity index (χ0n) is 17.4. The standard InChI is InChI=1S/C22H18F2N6O3/c1-12(20(25)31)33-14-3-4-15-19(9-14)32-7-6-29-10-17(28-21(15)29)22-26-11-27-30(22)18-5-2-13(23)8-16(18)24/h2-5,8-12H,6-7H2,1H3,(H2,25,31)/t12-/m0/s1. The first-order chi connectivity index (χ1) is 15.9. The van der Waals surface area contributed by atoms with Gasteiger partial charge in [0.25, 0.3) is 5.91 Å². The molecule has 5 rings (SSSR count). The van der Waals surface area contributed by atoms with Gasteiger partial charge in [-0.2, -0.15) is 5.10 Å². The third-order valence-electron chi connectivity index (χ3n) is 5.19. The molecule has 2 N–H and O–H groups in total. The van der Waals surface area contributed by atoms with Crippen molar-refractivity contribution in [2.75, 3.05) is 6.61 Å². The van der Waals surface area contributed by atoms with Crippen LogP contribution in [-0.4, -0.2) is 42.9 Å². The van der Waals surface area contributed by atoms with Gasteiger partial charge in [0.15, 0.2) is 17.7 Å². The first-order valence-corrected chi connectivity index (χ1v) is 10.1. The van der Waals surface area contributed by atoms with Crippen molar-refractivity contribution in [2.45, 2.75) is 19.6 Å². The topological polar surface area (TPSA) is 110 Å². The van der Waals surface area contributed by atoms with E-state index < -0.39 is 23.6 Å². The number of halogens is 2. The molecule has 0 bridgehead atoms. The van der Waals surface area contributed by atoms with Crippen molar-refractivity contribution >= 4 is 5.91 Å². The number of primary amides is 1. The van der Waals surface area contributed by atoms with E-state index in [9.17, 15) is 13.6 Å². The molecular formula is C22H18F2N6O3. The minimum atomic E-state index is -0.791. The number of rotatable bonds is 5. The normalized spacial score (nSPS) is 13.4. The van der Waals surface area contributed by atoms with Gasteiger partial charge in [0, 0.05) is 18.3 Å². The second-order valence-corrected chi connectivity index (χ2v) is 7.40. The van der Waals surface area contributed by atoms with E-state index in [1.54, 1.807) is 31.3 Å². The smallest absolute Gasteiger partial charge is 0.258 e. The summed E-state index contributed by atoms with van der Waals surface area (Å²) in [6.07, 6.45) is 2.26. The number of aromatic nitrogens is 5. The zero-order chi connectivity index (χ0) is 23.1. The fourth-order valence-corrected chi connectivity index (χ4v) is 3.55. The summed E-state index contributed by atoms with van der Waals surface area (Å²) in [7, 11) is 0. The van der Waals surface area contributed by atoms with E-state index in [0.717, 1.165) is 12.1 Å². The highest BCUT2D eigenvalue weighted by molar-refractivity contribution is 5.79. The molecule has 2 aromatic heterocycles. The number of nitrogens with zero attached hydrogens (tertiary/aromatic N) is 5. The molecule has 9 nitrogen and oxygen atoms in total. The Kier molecular flexibility index (Phi) is 5.00. The molecule has 0 saturated heterocycles. The molecule has 1 atom stereocenters. The van der Waals surface area contributed by atoms with E-state index >= 15 is 0 Å². The van der Waals surface area contributed by atoms with Crippen LogP contribution in [0, 0.1) is 11.6 Å². The second kappa shape index (κ2) is 8.01. The van der Waals surface area contributed by atoms with Crippen molar-refractivity contribution in [3.8, 4) is 40.1 Å². The van der Waals surface area contributed by atoms with Crippen LogP contribution in [0.1, 0.15) is 6.92 Å². The maximum atomic E-state index is 14.4. The molecule has 1 amide bonds. The Morgan fingerprint density at radius 3 is 2.85 bits per heavy atom. The summed E-state index contributed by atoms with van der Waals surface area (Å²) in [5.74, 6) is -0.138. The lowest BCUT2D eigenvalue weighted by Crippen LogP contribution is -2.30. The van der Waals surface area contributed by atoms with Crippen LogP contribution in [0.25, 0.3) is 28.6 Å². The Labute approximate surface area is 186 Å². The first-order valence-electron chi connectivity index (χ1n) is 10.1. The Bertz CT molecular complexity index is 1370. The number of ether oxygens (including phenoxy) is 2. The van der Waals surface area contributed by atoms with E-state index in [-0.39, 0.29) is 5.69 Å². The minimum absolute atomic E-state index is 0.0567. The third kappa shape index (κ3) is 3.77. The summed E-state index contributed by atoms with van der Waals surface area (Å²) >= 11 is 0. The predicted molar refractivity (Wildman–Crippen MR) is 113 cm³/mol. The fraction of sp³-hybridized carbons (Fsp3) is 0.182. The van der Waals surface area contributed by atoms with Crippen molar-refractivity contribution in [3.05, 3.63) is 60.6 Å². The molecule has 0 unspecified atom stereocenters.